The molecule has 4 heteroatoms. The molecule has 1 N–H and O–H groups in total. The van der Waals surface area contributed by atoms with Crippen molar-refractivity contribution in [1.29, 1.82) is 5.26 Å². The molecular weight excluding hydrogens is 374 g/mol. The largest absolute Gasteiger partial charge is 0.370 e. The number of nitrogens with zero attached hydrogens (tertiary/aromatic N) is 2. The Bertz CT molecular complexity index is 1160. The van der Waals surface area contributed by atoms with Gasteiger partial charge in [-0.05, 0) is 66.7 Å². The Labute approximate surface area is 175 Å². The zero-order valence-electron chi connectivity index (χ0n) is 16.0. The number of rotatable bonds is 2. The summed E-state index contributed by atoms with van der Waals surface area (Å²) in [6, 6.07) is 27.8. The van der Waals surface area contributed by atoms with Crippen LogP contribution in [-0.2, 0) is 0 Å². The van der Waals surface area contributed by atoms with Crippen LogP contribution >= 0.6 is 11.8 Å². The monoisotopic (exact) mass is 393 g/mol. The highest BCUT2D eigenvalue weighted by atomic mass is 32.2. The van der Waals surface area contributed by atoms with Crippen molar-refractivity contribution in [3.05, 3.63) is 96.7 Å². The van der Waals surface area contributed by atoms with Crippen molar-refractivity contribution in [2.75, 3.05) is 4.90 Å². The number of benzene rings is 3. The minimum Gasteiger partial charge on any atom is -0.370 e. The van der Waals surface area contributed by atoms with Gasteiger partial charge in [-0.25, -0.2) is 0 Å². The van der Waals surface area contributed by atoms with Gasteiger partial charge in [0.2, 0.25) is 0 Å². The second-order valence-electron chi connectivity index (χ2n) is 7.24. The maximum Gasteiger partial charge on any atom is 0.148 e. The summed E-state index contributed by atoms with van der Waals surface area (Å²) in [7, 11) is 0. The Hall–Kier alpha value is -3.42. The van der Waals surface area contributed by atoms with Crippen LogP contribution in [0.4, 0.5) is 17.1 Å². The lowest BCUT2D eigenvalue weighted by Gasteiger charge is -2.34. The summed E-state index contributed by atoms with van der Waals surface area (Å²) in [5, 5.41) is 13.0. The van der Waals surface area contributed by atoms with Crippen molar-refractivity contribution in [1.82, 2.24) is 5.32 Å². The zero-order valence-corrected chi connectivity index (χ0v) is 16.8. The van der Waals surface area contributed by atoms with Crippen molar-refractivity contribution >= 4 is 34.4 Å². The molecule has 0 spiro atoms. The van der Waals surface area contributed by atoms with Gasteiger partial charge < -0.3 is 10.2 Å². The Morgan fingerprint density at radius 2 is 1.62 bits per heavy atom. The van der Waals surface area contributed by atoms with E-state index in [0.717, 1.165) is 16.8 Å². The highest BCUT2D eigenvalue weighted by molar-refractivity contribution is 7.99. The van der Waals surface area contributed by atoms with Gasteiger partial charge in [-0.15, -0.1) is 0 Å². The third kappa shape index (κ3) is 2.91. The van der Waals surface area contributed by atoms with Crippen LogP contribution in [0.15, 0.2) is 101 Å². The van der Waals surface area contributed by atoms with Crippen LogP contribution in [0.1, 0.15) is 12.5 Å². The summed E-state index contributed by atoms with van der Waals surface area (Å²) in [5.74, 6) is 0. The van der Waals surface area contributed by atoms with Crippen LogP contribution in [0.5, 0.6) is 0 Å². The summed E-state index contributed by atoms with van der Waals surface area (Å²) in [6.07, 6.45) is 5.79. The van der Waals surface area contributed by atoms with E-state index in [2.05, 4.69) is 89.1 Å². The molecule has 0 aromatic heterocycles. The average molecular weight is 394 g/mol. The molecule has 140 valence electrons. The normalized spacial score (nSPS) is 19.4. The number of hydrogen-bond acceptors (Lipinski definition) is 4. The van der Waals surface area contributed by atoms with Gasteiger partial charge in [-0.1, -0.05) is 54.2 Å². The van der Waals surface area contributed by atoms with Crippen molar-refractivity contribution in [2.45, 2.75) is 22.3 Å². The third-order valence-corrected chi connectivity index (χ3v) is 6.47. The molecule has 0 fully saturated rings. The average Bonchev–Trinajstić information content (AvgIpc) is 2.78. The number of nitrogens with one attached hydrogen (secondary N) is 1. The highest BCUT2D eigenvalue weighted by Crippen LogP contribution is 2.51. The number of para-hydroxylation sites is 2. The van der Waals surface area contributed by atoms with Crippen molar-refractivity contribution in [3.63, 3.8) is 0 Å². The Kier molecular flexibility index (Phi) is 4.19. The minimum atomic E-state index is -0.749. The van der Waals surface area contributed by atoms with E-state index < -0.39 is 5.54 Å². The maximum atomic E-state index is 9.76. The molecule has 0 saturated heterocycles. The van der Waals surface area contributed by atoms with E-state index in [1.165, 1.54) is 21.2 Å². The lowest BCUT2D eigenvalue weighted by Crippen LogP contribution is -2.40. The molecule has 3 nitrogen and oxygen atoms in total. The molecule has 0 radical (unpaired) electrons. The van der Waals surface area contributed by atoms with Gasteiger partial charge in [0, 0.05) is 15.5 Å². The van der Waals surface area contributed by atoms with Gasteiger partial charge >= 0.3 is 0 Å². The Morgan fingerprint density at radius 3 is 2.31 bits per heavy atom. The summed E-state index contributed by atoms with van der Waals surface area (Å²) in [6.45, 7) is 1.91. The molecule has 1 unspecified atom stereocenters. The molecular formula is C25H19N3S. The second-order valence-corrected chi connectivity index (χ2v) is 8.33. The third-order valence-electron chi connectivity index (χ3n) is 5.34. The smallest absolute Gasteiger partial charge is 0.148 e. The van der Waals surface area contributed by atoms with Gasteiger partial charge in [-0.2, -0.15) is 5.26 Å². The van der Waals surface area contributed by atoms with Crippen LogP contribution in [0.25, 0.3) is 5.57 Å². The molecule has 3 aromatic carbocycles. The molecule has 0 amide bonds. The summed E-state index contributed by atoms with van der Waals surface area (Å²) in [5.41, 5.74) is 4.69. The molecule has 2 heterocycles. The summed E-state index contributed by atoms with van der Waals surface area (Å²) in [4.78, 5) is 4.78. The number of allylic oxidation sites excluding steroid dienone is 2. The predicted octanol–water partition coefficient (Wildman–Crippen LogP) is 6.40. The number of nitriles is 1. The number of anilines is 3. The lowest BCUT2D eigenvalue weighted by molar-refractivity contribution is 0.644. The van der Waals surface area contributed by atoms with Crippen LogP contribution in [0.2, 0.25) is 0 Å². The molecule has 29 heavy (non-hydrogen) atoms. The van der Waals surface area contributed by atoms with Crippen molar-refractivity contribution < 1.29 is 0 Å². The Balaban J connectivity index is 1.67. The van der Waals surface area contributed by atoms with Gasteiger partial charge in [0.05, 0.1) is 17.4 Å². The van der Waals surface area contributed by atoms with E-state index in [1.807, 2.05) is 25.3 Å². The first-order chi connectivity index (χ1) is 14.2. The van der Waals surface area contributed by atoms with Crippen LogP contribution < -0.4 is 10.2 Å². The van der Waals surface area contributed by atoms with Gasteiger partial charge in [0.15, 0.2) is 0 Å². The fourth-order valence-electron chi connectivity index (χ4n) is 3.88. The topological polar surface area (TPSA) is 39.1 Å². The minimum absolute atomic E-state index is 0.749. The van der Waals surface area contributed by atoms with E-state index >= 15 is 0 Å². The number of hydrogen-bond donors (Lipinski definition) is 1. The molecule has 0 aliphatic carbocycles. The molecule has 3 aromatic rings. The SMILES string of the molecule is CC1(C#N)NC=CC=C1c1cccc(N2c3ccccc3Sc3ccccc32)c1. The fourth-order valence-corrected chi connectivity index (χ4v) is 4.93. The second kappa shape index (κ2) is 6.88. The number of dihydropyridines is 1. The summed E-state index contributed by atoms with van der Waals surface area (Å²) < 4.78 is 0. The molecule has 0 bridgehead atoms. The highest BCUT2D eigenvalue weighted by Gasteiger charge is 2.31. The molecule has 2 aliphatic rings. The van der Waals surface area contributed by atoms with Crippen molar-refractivity contribution in [2.24, 2.45) is 0 Å². The fraction of sp³-hybridized carbons (Fsp3) is 0.0800. The van der Waals surface area contributed by atoms with Gasteiger partial charge in [0.1, 0.15) is 5.54 Å². The van der Waals surface area contributed by atoms with E-state index in [1.54, 1.807) is 11.8 Å². The zero-order chi connectivity index (χ0) is 19.8. The standard InChI is InChI=1S/C25H19N3S/c1-25(17-26)20(10-7-15-27-25)18-8-6-9-19(16-18)28-21-11-2-4-13-23(21)29-24-14-5-3-12-22(24)28/h2-16,27H,1H3. The molecule has 5 rings (SSSR count). The van der Waals surface area contributed by atoms with Crippen LogP contribution in [0.3, 0.4) is 0 Å². The van der Waals surface area contributed by atoms with E-state index in [4.69, 9.17) is 0 Å². The van der Waals surface area contributed by atoms with Crippen LogP contribution in [0, 0.1) is 11.3 Å². The van der Waals surface area contributed by atoms with Crippen LogP contribution in [-0.4, -0.2) is 5.54 Å². The van der Waals surface area contributed by atoms with Gasteiger partial charge in [0.25, 0.3) is 0 Å². The van der Waals surface area contributed by atoms with Gasteiger partial charge in [-0.3, -0.25) is 0 Å². The van der Waals surface area contributed by atoms with E-state index in [0.29, 0.717) is 0 Å². The molecule has 0 saturated carbocycles. The first-order valence-corrected chi connectivity index (χ1v) is 10.3. The lowest BCUT2D eigenvalue weighted by atomic mass is 9.85. The quantitative estimate of drug-likeness (QED) is 0.427. The predicted molar refractivity (Wildman–Crippen MR) is 120 cm³/mol. The Morgan fingerprint density at radius 1 is 0.931 bits per heavy atom. The van der Waals surface area contributed by atoms with E-state index in [-0.39, 0.29) is 0 Å². The molecule has 1 atom stereocenters. The maximum absolute atomic E-state index is 9.76. The summed E-state index contributed by atoms with van der Waals surface area (Å²) >= 11 is 1.80. The first kappa shape index (κ1) is 17.7. The first-order valence-electron chi connectivity index (χ1n) is 9.52. The van der Waals surface area contributed by atoms with E-state index in [9.17, 15) is 5.26 Å². The number of fused-ring (bicyclic) bond motifs is 2. The molecule has 2 aliphatic heterocycles. The van der Waals surface area contributed by atoms with Crippen molar-refractivity contribution in [3.8, 4) is 6.07 Å².